The molecule has 0 amide bonds. The van der Waals surface area contributed by atoms with Gasteiger partial charge in [0.25, 0.3) is 0 Å². The fourth-order valence-corrected chi connectivity index (χ4v) is 19.9. The maximum absolute atomic E-state index is 2.67. The molecule has 164 valence electrons. The molecule has 0 aliphatic rings. The molecule has 1 aromatic rings. The molecule has 0 aromatic carbocycles. The molecule has 0 spiro atoms. The summed E-state index contributed by atoms with van der Waals surface area (Å²) in [7, 11) is 0. The Hall–Kier alpha value is 1.30. The first kappa shape index (κ1) is 27.3. The summed E-state index contributed by atoms with van der Waals surface area (Å²) in [6.45, 7) is 9.67. The van der Waals surface area contributed by atoms with Gasteiger partial charge in [0.2, 0.25) is 0 Å². The van der Waals surface area contributed by atoms with Crippen molar-refractivity contribution in [1.82, 2.24) is 0 Å². The van der Waals surface area contributed by atoms with Crippen molar-refractivity contribution in [2.24, 2.45) is 17.8 Å². The molecule has 0 bridgehead atoms. The van der Waals surface area contributed by atoms with Gasteiger partial charge in [-0.2, -0.15) is 0 Å². The summed E-state index contributed by atoms with van der Waals surface area (Å²) in [5, 5.41) is 0. The van der Waals surface area contributed by atoms with Crippen LogP contribution in [0.25, 0.3) is 0 Å². The third-order valence-corrected chi connectivity index (χ3v) is 26.2. The van der Waals surface area contributed by atoms with Gasteiger partial charge in [-0.25, -0.2) is 0 Å². The second-order valence-corrected chi connectivity index (χ2v) is 43.7. The fraction of sp³-hybridized carbons (Fsp3) is 0.840. The van der Waals surface area contributed by atoms with E-state index in [-0.39, 0.29) is 0 Å². The van der Waals surface area contributed by atoms with Gasteiger partial charge in [-0.1, -0.05) is 13.8 Å². The molecular weight excluding hydrogens is 570 g/mol. The summed E-state index contributed by atoms with van der Waals surface area (Å²) in [5.74, 6) is 2.67. The van der Waals surface area contributed by atoms with Crippen molar-refractivity contribution < 1.29 is 0 Å². The Labute approximate surface area is 190 Å². The zero-order chi connectivity index (χ0) is 21.5. The second-order valence-electron chi connectivity index (χ2n) is 12.0. The van der Waals surface area contributed by atoms with E-state index in [1.807, 2.05) is 5.79 Å². The van der Waals surface area contributed by atoms with Crippen molar-refractivity contribution in [1.29, 1.82) is 0 Å². The van der Waals surface area contributed by atoms with E-state index in [1.165, 1.54) is 51.4 Å². The van der Waals surface area contributed by atoms with Crippen molar-refractivity contribution >= 4 is 53.9 Å². The molecule has 0 saturated heterocycles. The summed E-state index contributed by atoms with van der Waals surface area (Å²) < 4.78 is 3.69. The van der Waals surface area contributed by atoms with Crippen molar-refractivity contribution in [3.8, 4) is 0 Å². The molecule has 1 heterocycles. The van der Waals surface area contributed by atoms with Crippen molar-refractivity contribution in [3.05, 3.63) is 11.6 Å². The molecule has 0 nitrogen and oxygen atoms in total. The zero-order valence-corrected chi connectivity index (χ0v) is 27.4. The zero-order valence-electron chi connectivity index (χ0n) is 20.9. The van der Waals surface area contributed by atoms with Gasteiger partial charge in [0.15, 0.2) is 0 Å². The van der Waals surface area contributed by atoms with Crippen molar-refractivity contribution in [2.75, 3.05) is 0 Å². The van der Waals surface area contributed by atoms with E-state index in [1.54, 1.807) is 5.56 Å². The van der Waals surface area contributed by atoms with Crippen LogP contribution in [0.3, 0.4) is 0 Å². The Balaban J connectivity index is 2.48. The molecule has 0 N–H and O–H groups in total. The molecule has 1 aromatic heterocycles. The van der Waals surface area contributed by atoms with E-state index >= 15 is 0 Å². The van der Waals surface area contributed by atoms with Crippen LogP contribution < -0.4 is 5.79 Å². The molecule has 0 fully saturated rings. The van der Waals surface area contributed by atoms with E-state index in [0.29, 0.717) is 0 Å². The summed E-state index contributed by atoms with van der Waals surface area (Å²) in [6.07, 6.45) is 11.3. The third kappa shape index (κ3) is 10.6. The Morgan fingerprint density at radius 3 is 1.68 bits per heavy atom. The second kappa shape index (κ2) is 12.4. The van der Waals surface area contributed by atoms with Gasteiger partial charge in [0, 0.05) is 0 Å². The average molecular weight is 620 g/mol. The molecule has 0 aliphatic heterocycles. The van der Waals surface area contributed by atoms with Gasteiger partial charge < -0.3 is 0 Å². The fourth-order valence-electron chi connectivity index (χ4n) is 4.00. The number of thiophene rings is 1. The third-order valence-electron chi connectivity index (χ3n) is 6.01. The maximum atomic E-state index is 2.67. The number of rotatable bonds is 13. The van der Waals surface area contributed by atoms with Crippen LogP contribution in [-0.4, -0.2) is 36.8 Å². The molecule has 0 aliphatic carbocycles. The van der Waals surface area contributed by atoms with Gasteiger partial charge in [0.1, 0.15) is 0 Å². The Kier molecular flexibility index (Phi) is 12.1. The standard InChI is InChI=1S/C19H32S.6CH3.2Sn/c1-16(2)7-5-8-17(3)9-6-10-18(4)11-12-19-13-14-20-15-19;;;;;;;;/h13,16-18H,5-12H2,1-4H3;6*1H3;;. The van der Waals surface area contributed by atoms with Gasteiger partial charge in [-0.15, -0.1) is 0 Å². The molecule has 2 unspecified atom stereocenters. The van der Waals surface area contributed by atoms with Crippen LogP contribution in [0, 0.1) is 17.8 Å². The monoisotopic (exact) mass is 622 g/mol. The van der Waals surface area contributed by atoms with E-state index in [2.05, 4.69) is 74.7 Å². The quantitative estimate of drug-likeness (QED) is 0.196. The van der Waals surface area contributed by atoms with Crippen LogP contribution in [0.1, 0.15) is 78.2 Å². The van der Waals surface area contributed by atoms with E-state index in [9.17, 15) is 0 Å². The van der Waals surface area contributed by atoms with E-state index in [4.69, 9.17) is 0 Å². The topological polar surface area (TPSA) is 0 Å². The molecule has 3 heteroatoms. The first-order valence-corrected chi connectivity index (χ1v) is 32.7. The summed E-state index contributed by atoms with van der Waals surface area (Å²) in [4.78, 5) is 15.6. The molecule has 2 atom stereocenters. The Morgan fingerprint density at radius 2 is 1.21 bits per heavy atom. The minimum atomic E-state index is -1.99. The number of aryl methyl sites for hydroxylation is 1. The minimum absolute atomic E-state index is 0.870. The van der Waals surface area contributed by atoms with Crippen LogP contribution in [0.15, 0.2) is 6.07 Å². The van der Waals surface area contributed by atoms with Gasteiger partial charge in [-0.05, 0) is 5.92 Å². The van der Waals surface area contributed by atoms with E-state index in [0.717, 1.165) is 17.8 Å². The molecule has 1 rings (SSSR count). The Morgan fingerprint density at radius 1 is 0.714 bits per heavy atom. The van der Waals surface area contributed by atoms with Crippen LogP contribution in [0.4, 0.5) is 0 Å². The number of hydrogen-bond donors (Lipinski definition) is 0. The average Bonchev–Trinajstić information content (AvgIpc) is 2.97. The summed E-state index contributed by atoms with van der Waals surface area (Å²) in [6, 6.07) is 2.67. The summed E-state index contributed by atoms with van der Waals surface area (Å²) >= 11 is -1.68. The van der Waals surface area contributed by atoms with E-state index < -0.39 is 36.8 Å². The first-order chi connectivity index (χ1) is 12.8. The number of hydrogen-bond acceptors (Lipinski definition) is 1. The summed E-state index contributed by atoms with van der Waals surface area (Å²) in [5.41, 5.74) is 1.77. The van der Waals surface area contributed by atoms with Gasteiger partial charge in [-0.3, -0.25) is 0 Å². The first-order valence-electron chi connectivity index (χ1n) is 11.9. The van der Waals surface area contributed by atoms with Crippen molar-refractivity contribution in [2.45, 2.75) is 109 Å². The molecular formula is C25H50SSn2. The van der Waals surface area contributed by atoms with Gasteiger partial charge in [0.05, 0.1) is 0 Å². The van der Waals surface area contributed by atoms with Crippen LogP contribution in [0.5, 0.6) is 0 Å². The SMILES string of the molecule is CC(C)CCCC(C)CCCC(C)CCc1c[c]([Sn]([CH3])([CH3])[CH3])s[c]1[Sn]([CH3])([CH3])[CH3]. The predicted octanol–water partition coefficient (Wildman–Crippen LogP) is 8.04. The normalized spacial score (nSPS) is 15.2. The molecule has 0 saturated carbocycles. The molecule has 0 radical (unpaired) electrons. The molecule has 28 heavy (non-hydrogen) atoms. The van der Waals surface area contributed by atoms with Crippen LogP contribution >= 0.6 is 11.3 Å². The predicted molar refractivity (Wildman–Crippen MR) is 139 cm³/mol. The van der Waals surface area contributed by atoms with Crippen LogP contribution in [-0.2, 0) is 6.42 Å². The Bertz CT molecular complexity index is 560. The van der Waals surface area contributed by atoms with Gasteiger partial charge >= 0.3 is 172 Å². The van der Waals surface area contributed by atoms with Crippen LogP contribution in [0.2, 0.25) is 29.6 Å². The van der Waals surface area contributed by atoms with Crippen molar-refractivity contribution in [3.63, 3.8) is 0 Å².